The first-order valence-electron chi connectivity index (χ1n) is 3.98. The Bertz CT molecular complexity index is 76.6. The van der Waals surface area contributed by atoms with Gasteiger partial charge in [-0.05, 0) is 25.5 Å². The molecule has 0 amide bonds. The van der Waals surface area contributed by atoms with Gasteiger partial charge < -0.3 is 0 Å². The van der Waals surface area contributed by atoms with Gasteiger partial charge >= 0.3 is 0 Å². The maximum atomic E-state index is 4.27. The zero-order valence-electron chi connectivity index (χ0n) is 5.97. The number of rotatable bonds is 0. The van der Waals surface area contributed by atoms with Crippen LogP contribution < -0.4 is 0 Å². The highest BCUT2D eigenvalue weighted by Gasteiger charge is 1.91. The average Bonchev–Trinajstić information content (AvgIpc) is 2.00. The highest BCUT2D eigenvalue weighted by Crippen LogP contribution is 2.06. The van der Waals surface area contributed by atoms with E-state index in [4.69, 9.17) is 0 Å². The summed E-state index contributed by atoms with van der Waals surface area (Å²) in [5.74, 6) is 0. The third kappa shape index (κ3) is 3.28. The molecule has 1 nitrogen and oxygen atoms in total. The number of nitrogens with zero attached hydrogens (tertiary/aromatic N) is 1. The standard InChI is InChI=1S/C8H15N/c1-2-4-6-8-9-7-5-3-1/h7H,1-6,8H2/b9-7+. The van der Waals surface area contributed by atoms with Gasteiger partial charge in [-0.15, -0.1) is 0 Å². The summed E-state index contributed by atoms with van der Waals surface area (Å²) in [5.41, 5.74) is 0. The van der Waals surface area contributed by atoms with Crippen molar-refractivity contribution in [2.24, 2.45) is 4.99 Å². The van der Waals surface area contributed by atoms with Gasteiger partial charge in [0.2, 0.25) is 0 Å². The minimum Gasteiger partial charge on any atom is -0.298 e. The van der Waals surface area contributed by atoms with Crippen molar-refractivity contribution in [1.82, 2.24) is 0 Å². The van der Waals surface area contributed by atoms with Crippen molar-refractivity contribution in [2.45, 2.75) is 38.5 Å². The third-order valence-electron chi connectivity index (χ3n) is 1.75. The van der Waals surface area contributed by atoms with Gasteiger partial charge in [0.15, 0.2) is 0 Å². The molecule has 0 aromatic heterocycles. The van der Waals surface area contributed by atoms with Gasteiger partial charge in [-0.25, -0.2) is 0 Å². The van der Waals surface area contributed by atoms with Crippen LogP contribution in [-0.4, -0.2) is 12.8 Å². The fourth-order valence-corrected chi connectivity index (χ4v) is 1.15. The van der Waals surface area contributed by atoms with E-state index >= 15 is 0 Å². The van der Waals surface area contributed by atoms with Crippen LogP contribution >= 0.6 is 0 Å². The Labute approximate surface area is 57.2 Å². The van der Waals surface area contributed by atoms with E-state index in [1.54, 1.807) is 0 Å². The molecule has 0 atom stereocenters. The molecule has 0 bridgehead atoms. The quantitative estimate of drug-likeness (QED) is 0.471. The zero-order valence-corrected chi connectivity index (χ0v) is 5.97. The predicted molar refractivity (Wildman–Crippen MR) is 41.1 cm³/mol. The Balaban J connectivity index is 2.15. The normalized spacial score (nSPS) is 25.8. The molecule has 1 rings (SSSR count). The summed E-state index contributed by atoms with van der Waals surface area (Å²) in [6.45, 7) is 1.07. The summed E-state index contributed by atoms with van der Waals surface area (Å²) < 4.78 is 0. The molecule has 0 N–H and O–H groups in total. The Morgan fingerprint density at radius 2 is 1.67 bits per heavy atom. The molecule has 0 aromatic rings. The lowest BCUT2D eigenvalue weighted by Gasteiger charge is -1.93. The van der Waals surface area contributed by atoms with Crippen molar-refractivity contribution < 1.29 is 0 Å². The summed E-state index contributed by atoms with van der Waals surface area (Å²) in [5, 5.41) is 0. The second-order valence-electron chi connectivity index (χ2n) is 2.65. The second-order valence-corrected chi connectivity index (χ2v) is 2.65. The lowest BCUT2D eigenvalue weighted by molar-refractivity contribution is 0.639. The number of aliphatic imine (C=N–C) groups is 1. The van der Waals surface area contributed by atoms with E-state index in [1.807, 2.05) is 0 Å². The fraction of sp³-hybridized carbons (Fsp3) is 0.875. The topological polar surface area (TPSA) is 12.4 Å². The molecule has 0 unspecified atom stereocenters. The van der Waals surface area contributed by atoms with Crippen LogP contribution in [0.1, 0.15) is 38.5 Å². The van der Waals surface area contributed by atoms with E-state index in [1.165, 1.54) is 38.5 Å². The lowest BCUT2D eigenvalue weighted by atomic mass is 10.1. The monoisotopic (exact) mass is 125 g/mol. The van der Waals surface area contributed by atoms with E-state index in [2.05, 4.69) is 11.2 Å². The predicted octanol–water partition coefficient (Wildman–Crippen LogP) is 2.41. The lowest BCUT2D eigenvalue weighted by Crippen LogP contribution is -1.79. The van der Waals surface area contributed by atoms with Gasteiger partial charge in [0, 0.05) is 6.54 Å². The molecule has 0 saturated carbocycles. The molecular weight excluding hydrogens is 110 g/mol. The fourth-order valence-electron chi connectivity index (χ4n) is 1.15. The summed E-state index contributed by atoms with van der Waals surface area (Å²) in [6.07, 6.45) is 10.2. The van der Waals surface area contributed by atoms with Crippen LogP contribution in [0.5, 0.6) is 0 Å². The molecule has 9 heavy (non-hydrogen) atoms. The zero-order chi connectivity index (χ0) is 6.36. The molecule has 0 spiro atoms. The molecule has 0 radical (unpaired) electrons. The Morgan fingerprint density at radius 1 is 0.889 bits per heavy atom. The van der Waals surface area contributed by atoms with Crippen LogP contribution in [0.4, 0.5) is 0 Å². The highest BCUT2D eigenvalue weighted by molar-refractivity contribution is 5.56. The summed E-state index contributed by atoms with van der Waals surface area (Å²) in [6, 6.07) is 0. The molecule has 1 heteroatoms. The van der Waals surface area contributed by atoms with Crippen molar-refractivity contribution in [3.8, 4) is 0 Å². The molecule has 1 aliphatic rings. The molecular formula is C8H15N. The molecule has 1 aliphatic heterocycles. The molecule has 52 valence electrons. The highest BCUT2D eigenvalue weighted by atomic mass is 14.7. The van der Waals surface area contributed by atoms with Crippen molar-refractivity contribution in [1.29, 1.82) is 0 Å². The molecule has 0 saturated heterocycles. The van der Waals surface area contributed by atoms with Crippen LogP contribution in [0.2, 0.25) is 0 Å². The maximum absolute atomic E-state index is 4.27. The first-order chi connectivity index (χ1) is 4.50. The number of hydrogen-bond donors (Lipinski definition) is 0. The molecule has 0 aromatic carbocycles. The van der Waals surface area contributed by atoms with Crippen molar-refractivity contribution in [3.63, 3.8) is 0 Å². The summed E-state index contributed by atoms with van der Waals surface area (Å²) in [7, 11) is 0. The van der Waals surface area contributed by atoms with Crippen molar-refractivity contribution in [2.75, 3.05) is 6.54 Å². The van der Waals surface area contributed by atoms with Crippen molar-refractivity contribution >= 4 is 6.21 Å². The van der Waals surface area contributed by atoms with Gasteiger partial charge in [0.05, 0.1) is 0 Å². The van der Waals surface area contributed by atoms with Crippen LogP contribution in [0.25, 0.3) is 0 Å². The maximum Gasteiger partial charge on any atom is 0.0385 e. The van der Waals surface area contributed by atoms with Gasteiger partial charge in [0.1, 0.15) is 0 Å². The Kier molecular flexibility index (Phi) is 3.42. The SMILES string of the molecule is C1=N/CCCCCCC/1. The van der Waals surface area contributed by atoms with Crippen LogP contribution in [-0.2, 0) is 0 Å². The average molecular weight is 125 g/mol. The minimum atomic E-state index is 1.07. The smallest absolute Gasteiger partial charge is 0.0385 e. The summed E-state index contributed by atoms with van der Waals surface area (Å²) in [4.78, 5) is 4.27. The molecule has 0 fully saturated rings. The number of hydrogen-bond acceptors (Lipinski definition) is 1. The third-order valence-corrected chi connectivity index (χ3v) is 1.75. The van der Waals surface area contributed by atoms with Gasteiger partial charge in [-0.1, -0.05) is 19.3 Å². The largest absolute Gasteiger partial charge is 0.298 e. The minimum absolute atomic E-state index is 1.07. The van der Waals surface area contributed by atoms with E-state index in [9.17, 15) is 0 Å². The van der Waals surface area contributed by atoms with E-state index in [0.717, 1.165) is 6.54 Å². The van der Waals surface area contributed by atoms with Gasteiger partial charge in [-0.3, -0.25) is 4.99 Å². The first kappa shape index (κ1) is 6.79. The van der Waals surface area contributed by atoms with Crippen LogP contribution in [0.15, 0.2) is 4.99 Å². The van der Waals surface area contributed by atoms with E-state index in [0.29, 0.717) is 0 Å². The summed E-state index contributed by atoms with van der Waals surface area (Å²) >= 11 is 0. The van der Waals surface area contributed by atoms with Crippen molar-refractivity contribution in [3.05, 3.63) is 0 Å². The van der Waals surface area contributed by atoms with Crippen LogP contribution in [0.3, 0.4) is 0 Å². The Hall–Kier alpha value is -0.330. The molecule has 0 aliphatic carbocycles. The van der Waals surface area contributed by atoms with Crippen LogP contribution in [0, 0.1) is 0 Å². The second kappa shape index (κ2) is 4.54. The van der Waals surface area contributed by atoms with Gasteiger partial charge in [0.25, 0.3) is 0 Å². The Morgan fingerprint density at radius 3 is 2.67 bits per heavy atom. The molecule has 1 heterocycles. The van der Waals surface area contributed by atoms with E-state index < -0.39 is 0 Å². The van der Waals surface area contributed by atoms with E-state index in [-0.39, 0.29) is 0 Å². The first-order valence-corrected chi connectivity index (χ1v) is 3.98. The van der Waals surface area contributed by atoms with Gasteiger partial charge in [-0.2, -0.15) is 0 Å².